The van der Waals surface area contributed by atoms with E-state index in [-0.39, 0.29) is 19.8 Å². The minimum Gasteiger partial charge on any atom is -0.465 e. The van der Waals surface area contributed by atoms with Crippen molar-refractivity contribution in [1.29, 1.82) is 0 Å². The number of rotatable bonds is 11. The van der Waals surface area contributed by atoms with Gasteiger partial charge in [0.25, 0.3) is 0 Å². The molecule has 1 rings (SSSR count). The van der Waals surface area contributed by atoms with Gasteiger partial charge in [0, 0.05) is 31.2 Å². The fourth-order valence-corrected chi connectivity index (χ4v) is 2.82. The third-order valence-corrected chi connectivity index (χ3v) is 4.26. The summed E-state index contributed by atoms with van der Waals surface area (Å²) in [6.07, 6.45) is -3.70. The molecule has 0 radical (unpaired) electrons. The number of carboxylic acid groups (broad SMARTS) is 1. The van der Waals surface area contributed by atoms with Crippen molar-refractivity contribution in [3.63, 3.8) is 0 Å². The summed E-state index contributed by atoms with van der Waals surface area (Å²) in [7, 11) is 0. The van der Waals surface area contributed by atoms with Crippen LogP contribution in [0.4, 0.5) is 26.7 Å². The highest BCUT2D eigenvalue weighted by Crippen LogP contribution is 2.24. The molecule has 1 aromatic rings. The Hall–Kier alpha value is -2.47. The Balaban J connectivity index is 3.31. The average molecular weight is 456 g/mol. The van der Waals surface area contributed by atoms with Gasteiger partial charge in [0.15, 0.2) is 29.6 Å². The molecule has 0 aliphatic rings. The molecule has 7 nitrogen and oxygen atoms in total. The van der Waals surface area contributed by atoms with Crippen molar-refractivity contribution in [3.05, 3.63) is 34.6 Å². The highest BCUT2D eigenvalue weighted by atomic mass is 19.2. The van der Waals surface area contributed by atoms with Crippen molar-refractivity contribution >= 4 is 12.0 Å². The number of hydrogen-bond acceptors (Lipinski definition) is 4. The highest BCUT2D eigenvalue weighted by Gasteiger charge is 2.34. The van der Waals surface area contributed by atoms with E-state index in [0.29, 0.717) is 0 Å². The number of halogens is 5. The van der Waals surface area contributed by atoms with Gasteiger partial charge in [-0.15, -0.1) is 0 Å². The van der Waals surface area contributed by atoms with Gasteiger partial charge in [-0.3, -0.25) is 4.79 Å². The molecule has 2 N–H and O–H groups in total. The molecule has 0 saturated heterocycles. The third kappa shape index (κ3) is 6.76. The normalized spacial score (nSPS) is 12.4. The fraction of sp³-hybridized carbons (Fsp3) is 0.579. The third-order valence-electron chi connectivity index (χ3n) is 4.26. The summed E-state index contributed by atoms with van der Waals surface area (Å²) in [6, 6.07) is -2.37. The molecular weight excluding hydrogens is 431 g/mol. The van der Waals surface area contributed by atoms with E-state index in [1.54, 1.807) is 33.0 Å². The largest absolute Gasteiger partial charge is 0.465 e. The quantitative estimate of drug-likeness (QED) is 0.231. The summed E-state index contributed by atoms with van der Waals surface area (Å²) in [5, 5.41) is 10.8. The summed E-state index contributed by atoms with van der Waals surface area (Å²) in [5.74, 6) is -12.0. The molecule has 1 unspecified atom stereocenters. The first-order chi connectivity index (χ1) is 14.5. The van der Waals surface area contributed by atoms with Gasteiger partial charge in [0.1, 0.15) is 6.04 Å². The predicted octanol–water partition coefficient (Wildman–Crippen LogP) is 3.20. The van der Waals surface area contributed by atoms with Crippen LogP contribution < -0.4 is 5.32 Å². The van der Waals surface area contributed by atoms with E-state index < -0.39 is 71.4 Å². The van der Waals surface area contributed by atoms with Crippen molar-refractivity contribution in [1.82, 2.24) is 10.2 Å². The molecule has 0 spiro atoms. The van der Waals surface area contributed by atoms with Gasteiger partial charge < -0.3 is 24.8 Å². The van der Waals surface area contributed by atoms with E-state index in [1.807, 2.05) is 0 Å². The Bertz CT molecular complexity index is 758. The summed E-state index contributed by atoms with van der Waals surface area (Å²) < 4.78 is 79.2. The SMILES string of the molecule is CCOC(CN(C(=O)C(Cc1c(F)c(F)c(F)c(F)c1F)NC(=O)O)C(C)C)OCC. The summed E-state index contributed by atoms with van der Waals surface area (Å²) in [6.45, 7) is 6.87. The van der Waals surface area contributed by atoms with E-state index in [2.05, 4.69) is 0 Å². The van der Waals surface area contributed by atoms with E-state index in [4.69, 9.17) is 14.6 Å². The molecule has 0 aliphatic carbocycles. The van der Waals surface area contributed by atoms with Crippen molar-refractivity contribution in [2.24, 2.45) is 0 Å². The second kappa shape index (κ2) is 11.8. The molecule has 31 heavy (non-hydrogen) atoms. The lowest BCUT2D eigenvalue weighted by Gasteiger charge is -2.33. The van der Waals surface area contributed by atoms with Gasteiger partial charge in [-0.25, -0.2) is 26.7 Å². The van der Waals surface area contributed by atoms with Crippen LogP contribution in [-0.4, -0.2) is 60.1 Å². The number of hydrogen-bond donors (Lipinski definition) is 2. The van der Waals surface area contributed by atoms with Crippen molar-refractivity contribution < 1.29 is 46.1 Å². The second-order valence-electron chi connectivity index (χ2n) is 6.68. The lowest BCUT2D eigenvalue weighted by atomic mass is 10.0. The number of ether oxygens (including phenoxy) is 2. The highest BCUT2D eigenvalue weighted by molar-refractivity contribution is 5.86. The minimum atomic E-state index is -2.35. The van der Waals surface area contributed by atoms with Crippen LogP contribution in [-0.2, 0) is 20.7 Å². The van der Waals surface area contributed by atoms with Crippen LogP contribution in [0.25, 0.3) is 0 Å². The second-order valence-corrected chi connectivity index (χ2v) is 6.68. The Labute approximate surface area is 176 Å². The molecule has 1 atom stereocenters. The average Bonchev–Trinajstić information content (AvgIpc) is 2.70. The molecule has 0 aliphatic heterocycles. The first-order valence-corrected chi connectivity index (χ1v) is 9.49. The number of nitrogens with one attached hydrogen (secondary N) is 1. The number of carbonyl (C=O) groups is 2. The predicted molar refractivity (Wildman–Crippen MR) is 98.8 cm³/mol. The molecule has 0 aromatic heterocycles. The van der Waals surface area contributed by atoms with Gasteiger partial charge >= 0.3 is 6.09 Å². The Morgan fingerprint density at radius 1 is 0.935 bits per heavy atom. The number of nitrogens with zero attached hydrogens (tertiary/aromatic N) is 1. The zero-order valence-electron chi connectivity index (χ0n) is 17.5. The van der Waals surface area contributed by atoms with E-state index in [9.17, 15) is 31.5 Å². The Morgan fingerprint density at radius 3 is 1.77 bits per heavy atom. The molecule has 0 bridgehead atoms. The van der Waals surface area contributed by atoms with Crippen molar-refractivity contribution in [2.45, 2.75) is 52.5 Å². The smallest absolute Gasteiger partial charge is 0.405 e. The van der Waals surface area contributed by atoms with Gasteiger partial charge in [0.2, 0.25) is 11.7 Å². The lowest BCUT2D eigenvalue weighted by Crippen LogP contribution is -2.54. The van der Waals surface area contributed by atoms with Gasteiger partial charge in [-0.1, -0.05) is 0 Å². The molecule has 0 fully saturated rings. The van der Waals surface area contributed by atoms with Crippen LogP contribution in [0.2, 0.25) is 0 Å². The maximum atomic E-state index is 14.1. The minimum absolute atomic E-state index is 0.160. The van der Waals surface area contributed by atoms with Crippen molar-refractivity contribution in [3.8, 4) is 0 Å². The van der Waals surface area contributed by atoms with Crippen LogP contribution in [0.15, 0.2) is 0 Å². The molecular formula is C19H25F5N2O5. The Kier molecular flexibility index (Phi) is 10.1. The van der Waals surface area contributed by atoms with E-state index in [1.165, 1.54) is 0 Å². The number of carbonyl (C=O) groups excluding carboxylic acids is 1. The molecule has 0 saturated carbocycles. The molecule has 176 valence electrons. The maximum Gasteiger partial charge on any atom is 0.405 e. The van der Waals surface area contributed by atoms with Gasteiger partial charge in [-0.2, -0.15) is 0 Å². The van der Waals surface area contributed by atoms with Crippen LogP contribution in [0.1, 0.15) is 33.3 Å². The summed E-state index contributed by atoms with van der Waals surface area (Å²) >= 11 is 0. The van der Waals surface area contributed by atoms with Crippen molar-refractivity contribution in [2.75, 3.05) is 19.8 Å². The van der Waals surface area contributed by atoms with Gasteiger partial charge in [0.05, 0.1) is 6.54 Å². The fourth-order valence-electron chi connectivity index (χ4n) is 2.82. The summed E-state index contributed by atoms with van der Waals surface area (Å²) in [4.78, 5) is 25.3. The molecule has 0 heterocycles. The molecule has 12 heteroatoms. The van der Waals surface area contributed by atoms with Crippen LogP contribution >= 0.6 is 0 Å². The topological polar surface area (TPSA) is 88.1 Å². The molecule has 2 amide bonds. The number of amides is 2. The van der Waals surface area contributed by atoms with Crippen LogP contribution in [0.5, 0.6) is 0 Å². The van der Waals surface area contributed by atoms with Crippen LogP contribution in [0, 0.1) is 29.1 Å². The summed E-state index contributed by atoms with van der Waals surface area (Å²) in [5.41, 5.74) is -1.31. The van der Waals surface area contributed by atoms with Gasteiger partial charge in [-0.05, 0) is 27.7 Å². The monoisotopic (exact) mass is 456 g/mol. The zero-order chi connectivity index (χ0) is 23.9. The van der Waals surface area contributed by atoms with Crippen LogP contribution in [0.3, 0.4) is 0 Å². The molecule has 1 aromatic carbocycles. The first-order valence-electron chi connectivity index (χ1n) is 9.49. The van der Waals surface area contributed by atoms with E-state index in [0.717, 1.165) is 4.90 Å². The van der Waals surface area contributed by atoms with E-state index >= 15 is 0 Å². The first kappa shape index (κ1) is 26.6. The standard InChI is InChI=1S/C19H25F5N2O5/c1-5-30-12(31-6-2)8-26(9(3)4)18(27)11(25-19(28)29)7-10-13(20)15(22)17(24)16(23)14(10)21/h9,11-12,25H,5-8H2,1-4H3,(H,28,29). The Morgan fingerprint density at radius 2 is 1.39 bits per heavy atom. The lowest BCUT2D eigenvalue weighted by molar-refractivity contribution is -0.162. The number of benzene rings is 1. The zero-order valence-corrected chi connectivity index (χ0v) is 17.5. The maximum absolute atomic E-state index is 14.1.